The molecule has 8 heteroatoms. The molecule has 0 saturated carbocycles. The van der Waals surface area contributed by atoms with Crippen LogP contribution in [0, 0.1) is 0 Å². The zero-order chi connectivity index (χ0) is 19.3. The van der Waals surface area contributed by atoms with Crippen LogP contribution in [-0.4, -0.2) is 58.4 Å². The normalized spacial score (nSPS) is 14.6. The summed E-state index contributed by atoms with van der Waals surface area (Å²) in [5.74, 6) is 1.48. The van der Waals surface area contributed by atoms with Crippen molar-refractivity contribution in [2.75, 3.05) is 38.2 Å². The van der Waals surface area contributed by atoms with Gasteiger partial charge in [0, 0.05) is 49.2 Å². The molecule has 0 unspecified atom stereocenters. The number of rotatable bonds is 5. The Balaban J connectivity index is 1.40. The summed E-state index contributed by atoms with van der Waals surface area (Å²) in [5, 5.41) is 12.8. The first-order valence-electron chi connectivity index (χ1n) is 9.08. The van der Waals surface area contributed by atoms with Crippen molar-refractivity contribution < 1.29 is 4.74 Å². The van der Waals surface area contributed by atoms with E-state index in [0.29, 0.717) is 5.82 Å². The first-order chi connectivity index (χ1) is 13.7. The van der Waals surface area contributed by atoms with Crippen LogP contribution < -0.4 is 9.64 Å². The molecule has 0 spiro atoms. The largest absolute Gasteiger partial charge is 0.497 e. The number of anilines is 1. The molecule has 7 nitrogen and oxygen atoms in total. The Labute approximate surface area is 168 Å². The van der Waals surface area contributed by atoms with Crippen LogP contribution in [0.4, 0.5) is 5.69 Å². The minimum Gasteiger partial charge on any atom is -0.497 e. The van der Waals surface area contributed by atoms with E-state index in [1.165, 1.54) is 5.69 Å². The number of nitrogens with zero attached hydrogens (tertiary/aromatic N) is 6. The fourth-order valence-electron chi connectivity index (χ4n) is 3.18. The van der Waals surface area contributed by atoms with Crippen molar-refractivity contribution >= 4 is 23.4 Å². The number of methoxy groups -OCH3 is 1. The Morgan fingerprint density at radius 3 is 2.50 bits per heavy atom. The molecule has 0 aliphatic carbocycles. The van der Waals surface area contributed by atoms with Gasteiger partial charge in [-0.3, -0.25) is 0 Å². The van der Waals surface area contributed by atoms with Crippen molar-refractivity contribution in [3.05, 3.63) is 65.6 Å². The molecule has 28 heavy (non-hydrogen) atoms. The summed E-state index contributed by atoms with van der Waals surface area (Å²) in [6, 6.07) is 15.6. The Kier molecular flexibility index (Phi) is 5.43. The smallest absolute Gasteiger partial charge is 0.181 e. The lowest BCUT2D eigenvalue weighted by Crippen LogP contribution is -2.44. The molecule has 2 aromatic carbocycles. The number of ether oxygens (including phenoxy) is 1. The molecule has 0 N–H and O–H groups in total. The van der Waals surface area contributed by atoms with Crippen molar-refractivity contribution in [2.24, 2.45) is 0 Å². The zero-order valence-corrected chi connectivity index (χ0v) is 16.3. The molecule has 1 fully saturated rings. The fraction of sp³-hybridized carbons (Fsp3) is 0.250. The van der Waals surface area contributed by atoms with Gasteiger partial charge >= 0.3 is 0 Å². The van der Waals surface area contributed by atoms with E-state index in [-0.39, 0.29) is 0 Å². The molecule has 2 heterocycles. The highest BCUT2D eigenvalue weighted by molar-refractivity contribution is 6.30. The van der Waals surface area contributed by atoms with Gasteiger partial charge in [-0.2, -0.15) is 4.68 Å². The minimum atomic E-state index is 0.683. The summed E-state index contributed by atoms with van der Waals surface area (Å²) in [6.07, 6.45) is 4.00. The number of tetrazole rings is 1. The van der Waals surface area contributed by atoms with Gasteiger partial charge in [-0.05, 0) is 52.9 Å². The molecule has 0 amide bonds. The number of aromatic nitrogens is 4. The predicted molar refractivity (Wildman–Crippen MR) is 110 cm³/mol. The second kappa shape index (κ2) is 8.31. The predicted octanol–water partition coefficient (Wildman–Crippen LogP) is 3.12. The molecule has 0 atom stereocenters. The zero-order valence-electron chi connectivity index (χ0n) is 15.6. The third kappa shape index (κ3) is 4.09. The fourth-order valence-corrected chi connectivity index (χ4v) is 3.36. The van der Waals surface area contributed by atoms with Gasteiger partial charge in [-0.1, -0.05) is 17.7 Å². The number of piperazine rings is 1. The van der Waals surface area contributed by atoms with E-state index in [0.717, 1.165) is 42.6 Å². The second-order valence-corrected chi connectivity index (χ2v) is 6.90. The molecular weight excluding hydrogens is 376 g/mol. The van der Waals surface area contributed by atoms with E-state index >= 15 is 0 Å². The van der Waals surface area contributed by atoms with Crippen LogP contribution in [0.2, 0.25) is 5.02 Å². The average Bonchev–Trinajstić information content (AvgIpc) is 3.21. The van der Waals surface area contributed by atoms with E-state index in [9.17, 15) is 0 Å². The van der Waals surface area contributed by atoms with Crippen molar-refractivity contribution in [2.45, 2.75) is 0 Å². The van der Waals surface area contributed by atoms with Gasteiger partial charge in [0.25, 0.3) is 0 Å². The monoisotopic (exact) mass is 396 g/mol. The molecule has 1 aromatic heterocycles. The molecule has 3 aromatic rings. The molecule has 1 aliphatic rings. The Morgan fingerprint density at radius 2 is 1.79 bits per heavy atom. The molecule has 0 radical (unpaired) electrons. The van der Waals surface area contributed by atoms with Crippen LogP contribution in [-0.2, 0) is 0 Å². The maximum atomic E-state index is 6.11. The van der Waals surface area contributed by atoms with Crippen LogP contribution in [0.1, 0.15) is 5.82 Å². The standard InChI is InChI=1S/C20H21ClN6O/c1-28-19-7-5-17(6-8-19)27-20(22-23-24-27)9-10-25-11-13-26(14-12-25)18-4-2-3-16(21)15-18/h2-10,15H,11-14H2,1H3/b10-9+. The van der Waals surface area contributed by atoms with Crippen molar-refractivity contribution in [3.63, 3.8) is 0 Å². The molecular formula is C20H21ClN6O. The van der Waals surface area contributed by atoms with Crippen LogP contribution in [0.3, 0.4) is 0 Å². The summed E-state index contributed by atoms with van der Waals surface area (Å²) in [4.78, 5) is 4.62. The topological polar surface area (TPSA) is 59.3 Å². The molecule has 144 valence electrons. The van der Waals surface area contributed by atoms with Crippen LogP contribution in [0.5, 0.6) is 5.75 Å². The van der Waals surface area contributed by atoms with Crippen LogP contribution in [0.15, 0.2) is 54.7 Å². The lowest BCUT2D eigenvalue weighted by Gasteiger charge is -2.35. The number of hydrogen-bond donors (Lipinski definition) is 0. The van der Waals surface area contributed by atoms with Crippen molar-refractivity contribution in [3.8, 4) is 11.4 Å². The maximum Gasteiger partial charge on any atom is 0.181 e. The maximum absolute atomic E-state index is 6.11. The Hall–Kier alpha value is -3.06. The Bertz CT molecular complexity index is 947. The lowest BCUT2D eigenvalue weighted by atomic mass is 10.2. The van der Waals surface area contributed by atoms with Crippen LogP contribution in [0.25, 0.3) is 11.8 Å². The van der Waals surface area contributed by atoms with Crippen molar-refractivity contribution in [1.29, 1.82) is 0 Å². The molecule has 4 rings (SSSR count). The summed E-state index contributed by atoms with van der Waals surface area (Å²) in [6.45, 7) is 3.72. The summed E-state index contributed by atoms with van der Waals surface area (Å²) in [7, 11) is 1.65. The highest BCUT2D eigenvalue weighted by Crippen LogP contribution is 2.21. The van der Waals surface area contributed by atoms with Gasteiger partial charge in [0.1, 0.15) is 5.75 Å². The SMILES string of the molecule is COc1ccc(-n2nnnc2/C=C/N2CCN(c3cccc(Cl)c3)CC2)cc1. The first kappa shape index (κ1) is 18.3. The third-order valence-electron chi connectivity index (χ3n) is 4.73. The van der Waals surface area contributed by atoms with E-state index in [4.69, 9.17) is 16.3 Å². The molecule has 1 saturated heterocycles. The third-order valence-corrected chi connectivity index (χ3v) is 4.97. The number of hydrogen-bond acceptors (Lipinski definition) is 6. The minimum absolute atomic E-state index is 0.683. The summed E-state index contributed by atoms with van der Waals surface area (Å²) in [5.41, 5.74) is 2.05. The number of benzene rings is 2. The Morgan fingerprint density at radius 1 is 1.00 bits per heavy atom. The van der Waals surface area contributed by atoms with Gasteiger partial charge in [-0.25, -0.2) is 0 Å². The van der Waals surface area contributed by atoms with E-state index in [1.54, 1.807) is 11.8 Å². The van der Waals surface area contributed by atoms with E-state index in [1.807, 2.05) is 48.5 Å². The molecule has 1 aliphatic heterocycles. The summed E-state index contributed by atoms with van der Waals surface area (Å²) >= 11 is 6.11. The average molecular weight is 397 g/mol. The van der Waals surface area contributed by atoms with Crippen molar-refractivity contribution in [1.82, 2.24) is 25.1 Å². The number of halogens is 1. The van der Waals surface area contributed by atoms with Gasteiger partial charge < -0.3 is 14.5 Å². The van der Waals surface area contributed by atoms with E-state index < -0.39 is 0 Å². The molecule has 0 bridgehead atoms. The summed E-state index contributed by atoms with van der Waals surface area (Å²) < 4.78 is 6.90. The van der Waals surface area contributed by atoms with E-state index in [2.05, 4.69) is 37.6 Å². The first-order valence-corrected chi connectivity index (χ1v) is 9.46. The van der Waals surface area contributed by atoms with Gasteiger partial charge in [-0.15, -0.1) is 5.10 Å². The highest BCUT2D eigenvalue weighted by Gasteiger charge is 2.15. The van der Waals surface area contributed by atoms with Gasteiger partial charge in [0.05, 0.1) is 12.8 Å². The van der Waals surface area contributed by atoms with Gasteiger partial charge in [0.2, 0.25) is 0 Å². The second-order valence-electron chi connectivity index (χ2n) is 6.47. The quantitative estimate of drug-likeness (QED) is 0.660. The highest BCUT2D eigenvalue weighted by atomic mass is 35.5. The van der Waals surface area contributed by atoms with Gasteiger partial charge in [0.15, 0.2) is 5.82 Å². The van der Waals surface area contributed by atoms with Crippen LogP contribution >= 0.6 is 11.6 Å². The lowest BCUT2D eigenvalue weighted by molar-refractivity contribution is 0.351.